The van der Waals surface area contributed by atoms with Crippen LogP contribution in [0.3, 0.4) is 0 Å². The predicted molar refractivity (Wildman–Crippen MR) is 69.5 cm³/mol. The molecule has 18 heavy (non-hydrogen) atoms. The lowest BCUT2D eigenvalue weighted by atomic mass is 10.00. The number of fused-ring (bicyclic) bond motifs is 1. The summed E-state index contributed by atoms with van der Waals surface area (Å²) >= 11 is 0. The number of rotatable bonds is 4. The number of hydrogen-bond donors (Lipinski definition) is 2. The normalized spacial score (nSPS) is 11.4. The van der Waals surface area contributed by atoms with Gasteiger partial charge in [-0.25, -0.2) is 0 Å². The van der Waals surface area contributed by atoms with Gasteiger partial charge in [-0.2, -0.15) is 10.2 Å². The molecule has 0 spiro atoms. The molecular formula is C13H15N3O2. The first-order chi connectivity index (χ1) is 8.48. The van der Waals surface area contributed by atoms with Gasteiger partial charge in [-0.1, -0.05) is 18.2 Å². The number of carboxylic acids is 1. The lowest BCUT2D eigenvalue weighted by Gasteiger charge is -2.26. The molecule has 2 aromatic rings. The molecule has 2 rings (SSSR count). The van der Waals surface area contributed by atoms with Crippen molar-refractivity contribution in [1.82, 2.24) is 10.2 Å². The Morgan fingerprint density at radius 3 is 2.83 bits per heavy atom. The second kappa shape index (κ2) is 4.60. The van der Waals surface area contributed by atoms with Gasteiger partial charge in [0.15, 0.2) is 0 Å². The zero-order valence-electron chi connectivity index (χ0n) is 10.3. The Bertz CT molecular complexity index is 576. The first kappa shape index (κ1) is 12.3. The van der Waals surface area contributed by atoms with Gasteiger partial charge in [0.25, 0.3) is 0 Å². The molecule has 0 aliphatic carbocycles. The molecule has 0 saturated heterocycles. The summed E-state index contributed by atoms with van der Waals surface area (Å²) in [6.45, 7) is 3.69. The molecule has 0 radical (unpaired) electrons. The number of aliphatic carboxylic acids is 1. The Hall–Kier alpha value is -2.17. The van der Waals surface area contributed by atoms with Crippen molar-refractivity contribution >= 4 is 22.6 Å². The van der Waals surface area contributed by atoms with E-state index in [1.54, 1.807) is 6.20 Å². The minimum Gasteiger partial charge on any atom is -0.481 e. The van der Waals surface area contributed by atoms with Crippen LogP contribution >= 0.6 is 0 Å². The van der Waals surface area contributed by atoms with Gasteiger partial charge in [0.05, 0.1) is 23.8 Å². The molecule has 1 heterocycles. The molecule has 94 valence electrons. The van der Waals surface area contributed by atoms with E-state index in [-0.39, 0.29) is 6.42 Å². The molecule has 5 heteroatoms. The third-order valence-electron chi connectivity index (χ3n) is 2.61. The fourth-order valence-electron chi connectivity index (χ4n) is 1.89. The molecule has 1 aromatic carbocycles. The highest BCUT2D eigenvalue weighted by atomic mass is 16.4. The molecule has 0 amide bonds. The van der Waals surface area contributed by atoms with Crippen LogP contribution in [0.15, 0.2) is 30.5 Å². The maximum Gasteiger partial charge on any atom is 0.305 e. The summed E-state index contributed by atoms with van der Waals surface area (Å²) in [6.07, 6.45) is 1.65. The van der Waals surface area contributed by atoms with E-state index in [9.17, 15) is 4.79 Å². The second-order valence-electron chi connectivity index (χ2n) is 4.85. The standard InChI is InChI=1S/C13H15N3O2/c1-13(2,7-12(17)18)15-11-8-14-16-10-6-4-3-5-9(10)11/h3-6,8H,7H2,1-2H3,(H,15,16)(H,17,18). The Labute approximate surface area is 105 Å². The summed E-state index contributed by atoms with van der Waals surface area (Å²) in [5.74, 6) is -0.834. The van der Waals surface area contributed by atoms with Crippen molar-refractivity contribution in [3.63, 3.8) is 0 Å². The average molecular weight is 245 g/mol. The van der Waals surface area contributed by atoms with Gasteiger partial charge in [-0.3, -0.25) is 4.79 Å². The molecule has 0 atom stereocenters. The van der Waals surface area contributed by atoms with Crippen molar-refractivity contribution in [2.24, 2.45) is 0 Å². The quantitative estimate of drug-likeness (QED) is 0.864. The Morgan fingerprint density at radius 1 is 1.39 bits per heavy atom. The van der Waals surface area contributed by atoms with Crippen LogP contribution in [0, 0.1) is 0 Å². The third-order valence-corrected chi connectivity index (χ3v) is 2.61. The number of anilines is 1. The molecule has 0 bridgehead atoms. The van der Waals surface area contributed by atoms with Crippen molar-refractivity contribution < 1.29 is 9.90 Å². The zero-order chi connectivity index (χ0) is 13.2. The van der Waals surface area contributed by atoms with E-state index in [1.165, 1.54) is 0 Å². The Kier molecular flexibility index (Phi) is 3.14. The molecule has 5 nitrogen and oxygen atoms in total. The van der Waals surface area contributed by atoms with Crippen LogP contribution in [0.5, 0.6) is 0 Å². The molecule has 0 aliphatic heterocycles. The number of benzene rings is 1. The van der Waals surface area contributed by atoms with E-state index in [0.29, 0.717) is 0 Å². The van der Waals surface area contributed by atoms with Crippen LogP contribution in [-0.2, 0) is 4.79 Å². The van der Waals surface area contributed by atoms with Crippen molar-refractivity contribution in [2.45, 2.75) is 25.8 Å². The summed E-state index contributed by atoms with van der Waals surface area (Å²) in [6, 6.07) is 7.61. The minimum atomic E-state index is -0.834. The van der Waals surface area contributed by atoms with E-state index in [2.05, 4.69) is 15.5 Å². The summed E-state index contributed by atoms with van der Waals surface area (Å²) in [4.78, 5) is 10.8. The summed E-state index contributed by atoms with van der Waals surface area (Å²) in [7, 11) is 0. The van der Waals surface area contributed by atoms with E-state index >= 15 is 0 Å². The number of hydrogen-bond acceptors (Lipinski definition) is 4. The van der Waals surface area contributed by atoms with Crippen LogP contribution in [0.1, 0.15) is 20.3 Å². The van der Waals surface area contributed by atoms with Gasteiger partial charge in [-0.15, -0.1) is 0 Å². The van der Waals surface area contributed by atoms with Crippen molar-refractivity contribution in [1.29, 1.82) is 0 Å². The number of aromatic nitrogens is 2. The van der Waals surface area contributed by atoms with Gasteiger partial charge in [0.2, 0.25) is 0 Å². The van der Waals surface area contributed by atoms with Gasteiger partial charge < -0.3 is 10.4 Å². The van der Waals surface area contributed by atoms with Crippen molar-refractivity contribution in [3.8, 4) is 0 Å². The van der Waals surface area contributed by atoms with Crippen LogP contribution in [0.4, 0.5) is 5.69 Å². The molecule has 2 N–H and O–H groups in total. The van der Waals surface area contributed by atoms with E-state index in [1.807, 2.05) is 38.1 Å². The van der Waals surface area contributed by atoms with Gasteiger partial charge >= 0.3 is 5.97 Å². The maximum absolute atomic E-state index is 10.8. The molecule has 1 aromatic heterocycles. The summed E-state index contributed by atoms with van der Waals surface area (Å²) in [5, 5.41) is 21.0. The fourth-order valence-corrected chi connectivity index (χ4v) is 1.89. The fraction of sp³-hybridized carbons (Fsp3) is 0.308. The smallest absolute Gasteiger partial charge is 0.305 e. The van der Waals surface area contributed by atoms with E-state index < -0.39 is 11.5 Å². The number of nitrogens with one attached hydrogen (secondary N) is 1. The molecule has 0 saturated carbocycles. The lowest BCUT2D eigenvalue weighted by Crippen LogP contribution is -2.33. The number of carbonyl (C=O) groups is 1. The third kappa shape index (κ3) is 2.74. The molecule has 0 fully saturated rings. The van der Waals surface area contributed by atoms with Crippen LogP contribution < -0.4 is 5.32 Å². The van der Waals surface area contributed by atoms with Gasteiger partial charge in [0.1, 0.15) is 0 Å². The van der Waals surface area contributed by atoms with Crippen LogP contribution in [0.2, 0.25) is 0 Å². The average Bonchev–Trinajstić information content (AvgIpc) is 2.27. The Morgan fingerprint density at radius 2 is 2.11 bits per heavy atom. The zero-order valence-corrected chi connectivity index (χ0v) is 10.3. The molecule has 0 aliphatic rings. The van der Waals surface area contributed by atoms with Gasteiger partial charge in [-0.05, 0) is 19.9 Å². The first-order valence-electron chi connectivity index (χ1n) is 5.68. The summed E-state index contributed by atoms with van der Waals surface area (Å²) in [5.41, 5.74) is 1.04. The summed E-state index contributed by atoms with van der Waals surface area (Å²) < 4.78 is 0. The van der Waals surface area contributed by atoms with Crippen molar-refractivity contribution in [2.75, 3.05) is 5.32 Å². The molecule has 0 unspecified atom stereocenters. The Balaban J connectivity index is 2.34. The first-order valence-corrected chi connectivity index (χ1v) is 5.68. The molecular weight excluding hydrogens is 230 g/mol. The van der Waals surface area contributed by atoms with E-state index in [0.717, 1.165) is 16.6 Å². The van der Waals surface area contributed by atoms with Crippen LogP contribution in [-0.4, -0.2) is 26.8 Å². The largest absolute Gasteiger partial charge is 0.481 e. The number of carboxylic acid groups (broad SMARTS) is 1. The second-order valence-corrected chi connectivity index (χ2v) is 4.85. The SMILES string of the molecule is CC(C)(CC(=O)O)Nc1cnnc2ccccc12. The van der Waals surface area contributed by atoms with Crippen LogP contribution in [0.25, 0.3) is 10.9 Å². The highest BCUT2D eigenvalue weighted by molar-refractivity contribution is 5.90. The van der Waals surface area contributed by atoms with Crippen molar-refractivity contribution in [3.05, 3.63) is 30.5 Å². The van der Waals surface area contributed by atoms with Gasteiger partial charge in [0, 0.05) is 10.9 Å². The number of nitrogens with zero attached hydrogens (tertiary/aromatic N) is 2. The highest BCUT2D eigenvalue weighted by Crippen LogP contribution is 2.24. The van der Waals surface area contributed by atoms with E-state index in [4.69, 9.17) is 5.11 Å². The lowest BCUT2D eigenvalue weighted by molar-refractivity contribution is -0.137. The highest BCUT2D eigenvalue weighted by Gasteiger charge is 2.22. The topological polar surface area (TPSA) is 75.1 Å². The minimum absolute atomic E-state index is 0.0314. The maximum atomic E-state index is 10.8. The monoisotopic (exact) mass is 245 g/mol. The predicted octanol–water partition coefficient (Wildman–Crippen LogP) is 2.29.